The Morgan fingerprint density at radius 1 is 1.13 bits per heavy atom. The first-order chi connectivity index (χ1) is 15.0. The van der Waals surface area contributed by atoms with Gasteiger partial charge >= 0.3 is 0 Å². The van der Waals surface area contributed by atoms with Crippen LogP contribution in [0.15, 0.2) is 48.5 Å². The number of hydrogen-bond acceptors (Lipinski definition) is 6. The van der Waals surface area contributed by atoms with Crippen molar-refractivity contribution >= 4 is 23.2 Å². The Morgan fingerprint density at radius 2 is 1.81 bits per heavy atom. The zero-order chi connectivity index (χ0) is 22.1. The first kappa shape index (κ1) is 22.1. The number of carbonyl (C=O) groups excluding carboxylic acids is 2. The molecule has 1 fully saturated rings. The molecule has 1 aliphatic rings. The van der Waals surface area contributed by atoms with E-state index in [9.17, 15) is 9.59 Å². The summed E-state index contributed by atoms with van der Waals surface area (Å²) in [6, 6.07) is 16.7. The molecular weight excluding hydrogens is 396 g/mol. The quantitative estimate of drug-likeness (QED) is 0.700. The second-order valence-corrected chi connectivity index (χ2v) is 7.21. The average molecular weight is 422 g/mol. The number of rotatable bonds is 8. The minimum atomic E-state index is -0.307. The van der Waals surface area contributed by atoms with Gasteiger partial charge in [-0.3, -0.25) is 9.59 Å². The zero-order valence-corrected chi connectivity index (χ0v) is 17.5. The van der Waals surface area contributed by atoms with E-state index in [4.69, 9.17) is 14.7 Å². The molecule has 0 aliphatic carbocycles. The Bertz CT molecular complexity index is 916. The summed E-state index contributed by atoms with van der Waals surface area (Å²) in [5, 5.41) is 11.5. The molecule has 162 valence electrons. The van der Waals surface area contributed by atoms with Crippen LogP contribution in [-0.2, 0) is 20.7 Å². The minimum Gasteiger partial charge on any atom is -0.484 e. The van der Waals surface area contributed by atoms with Crippen LogP contribution in [0.3, 0.4) is 0 Å². The lowest BCUT2D eigenvalue weighted by molar-refractivity contribution is -0.135. The first-order valence-corrected chi connectivity index (χ1v) is 10.1. The number of nitriles is 1. The Labute approximate surface area is 182 Å². The van der Waals surface area contributed by atoms with E-state index in [2.05, 4.69) is 16.3 Å². The van der Waals surface area contributed by atoms with Crippen LogP contribution in [0.2, 0.25) is 0 Å². The lowest BCUT2D eigenvalue weighted by Gasteiger charge is -2.28. The van der Waals surface area contributed by atoms with Crippen LogP contribution in [0.4, 0.5) is 11.4 Å². The number of nitrogens with zero attached hydrogens (tertiary/aromatic N) is 3. The van der Waals surface area contributed by atoms with Gasteiger partial charge in [0, 0.05) is 31.5 Å². The van der Waals surface area contributed by atoms with Crippen LogP contribution < -0.4 is 15.0 Å². The van der Waals surface area contributed by atoms with Crippen LogP contribution in [0, 0.1) is 11.3 Å². The molecule has 0 radical (unpaired) electrons. The SMILES string of the molecule is CN(CC(=O)Nc1ccc(N2CCOCC2)cc1)C(=O)COc1ccc(CC#N)cc1. The summed E-state index contributed by atoms with van der Waals surface area (Å²) in [6.07, 6.45) is 0.326. The Balaban J connectivity index is 1.42. The third kappa shape index (κ3) is 6.73. The van der Waals surface area contributed by atoms with Crippen LogP contribution in [-0.4, -0.2) is 63.2 Å². The standard InChI is InChI=1S/C23H26N4O4/c1-26(23(29)17-31-21-8-2-18(3-9-21)10-11-24)16-22(28)25-19-4-6-20(7-5-19)27-12-14-30-15-13-27/h2-9H,10,12-17H2,1H3,(H,25,28). The van der Waals surface area contributed by atoms with Gasteiger partial charge in [0.2, 0.25) is 5.91 Å². The van der Waals surface area contributed by atoms with Crippen molar-refractivity contribution in [3.8, 4) is 11.8 Å². The van der Waals surface area contributed by atoms with Gasteiger partial charge in [0.1, 0.15) is 5.75 Å². The van der Waals surface area contributed by atoms with E-state index >= 15 is 0 Å². The van der Waals surface area contributed by atoms with Crippen molar-refractivity contribution in [1.29, 1.82) is 5.26 Å². The number of carbonyl (C=O) groups is 2. The molecule has 1 N–H and O–H groups in total. The Morgan fingerprint density at radius 3 is 2.45 bits per heavy atom. The second kappa shape index (κ2) is 11.0. The maximum Gasteiger partial charge on any atom is 0.260 e. The summed E-state index contributed by atoms with van der Waals surface area (Å²) in [5.41, 5.74) is 2.65. The van der Waals surface area contributed by atoms with Crippen molar-refractivity contribution in [3.63, 3.8) is 0 Å². The first-order valence-electron chi connectivity index (χ1n) is 10.1. The molecule has 2 aromatic rings. The van der Waals surface area contributed by atoms with E-state index in [0.29, 0.717) is 17.9 Å². The highest BCUT2D eigenvalue weighted by atomic mass is 16.5. The highest BCUT2D eigenvalue weighted by Gasteiger charge is 2.15. The summed E-state index contributed by atoms with van der Waals surface area (Å²) in [5.74, 6) is -0.0528. The smallest absolute Gasteiger partial charge is 0.260 e. The average Bonchev–Trinajstić information content (AvgIpc) is 2.79. The molecule has 2 aromatic carbocycles. The van der Waals surface area contributed by atoms with Crippen LogP contribution in [0.1, 0.15) is 5.56 Å². The molecule has 0 unspecified atom stereocenters. The van der Waals surface area contributed by atoms with Gasteiger partial charge in [-0.05, 0) is 42.0 Å². The molecule has 3 rings (SSSR count). The van der Waals surface area contributed by atoms with E-state index < -0.39 is 0 Å². The molecule has 8 heteroatoms. The number of nitrogens with one attached hydrogen (secondary N) is 1. The Hall–Kier alpha value is -3.57. The van der Waals surface area contributed by atoms with E-state index in [1.807, 2.05) is 24.3 Å². The van der Waals surface area contributed by atoms with Crippen molar-refractivity contribution in [1.82, 2.24) is 4.90 Å². The number of hydrogen-bond donors (Lipinski definition) is 1. The van der Waals surface area contributed by atoms with E-state index in [0.717, 1.165) is 37.6 Å². The lowest BCUT2D eigenvalue weighted by atomic mass is 10.2. The Kier molecular flexibility index (Phi) is 7.85. The molecule has 31 heavy (non-hydrogen) atoms. The number of morpholine rings is 1. The van der Waals surface area contributed by atoms with Gasteiger partial charge in [-0.25, -0.2) is 0 Å². The summed E-state index contributed by atoms with van der Waals surface area (Å²) >= 11 is 0. The normalized spacial score (nSPS) is 13.2. The second-order valence-electron chi connectivity index (χ2n) is 7.21. The van der Waals surface area contributed by atoms with Crippen LogP contribution in [0.5, 0.6) is 5.75 Å². The van der Waals surface area contributed by atoms with Gasteiger partial charge in [-0.15, -0.1) is 0 Å². The number of likely N-dealkylation sites (N-methyl/N-ethyl adjacent to an activating group) is 1. The summed E-state index contributed by atoms with van der Waals surface area (Å²) < 4.78 is 10.8. The van der Waals surface area contributed by atoms with Gasteiger partial charge in [0.25, 0.3) is 5.91 Å². The molecule has 8 nitrogen and oxygen atoms in total. The molecule has 1 heterocycles. The fourth-order valence-electron chi connectivity index (χ4n) is 3.13. The molecule has 1 saturated heterocycles. The molecule has 0 saturated carbocycles. The molecule has 0 atom stereocenters. The van der Waals surface area contributed by atoms with E-state index in [-0.39, 0.29) is 25.0 Å². The van der Waals surface area contributed by atoms with Crippen LogP contribution >= 0.6 is 0 Å². The van der Waals surface area contributed by atoms with Crippen molar-refractivity contribution in [2.24, 2.45) is 0 Å². The molecular formula is C23H26N4O4. The van der Waals surface area contributed by atoms with E-state index in [1.54, 1.807) is 31.3 Å². The predicted molar refractivity (Wildman–Crippen MR) is 117 cm³/mol. The van der Waals surface area contributed by atoms with Crippen LogP contribution in [0.25, 0.3) is 0 Å². The molecule has 0 spiro atoms. The summed E-state index contributed by atoms with van der Waals surface area (Å²) in [4.78, 5) is 28.1. The zero-order valence-electron chi connectivity index (χ0n) is 17.5. The summed E-state index contributed by atoms with van der Waals surface area (Å²) in [7, 11) is 1.56. The largest absolute Gasteiger partial charge is 0.484 e. The number of ether oxygens (including phenoxy) is 2. The topological polar surface area (TPSA) is 94.9 Å². The predicted octanol–water partition coefficient (Wildman–Crippen LogP) is 2.07. The number of anilines is 2. The van der Waals surface area contributed by atoms with Gasteiger partial charge in [-0.2, -0.15) is 5.26 Å². The monoisotopic (exact) mass is 422 g/mol. The molecule has 2 amide bonds. The lowest BCUT2D eigenvalue weighted by Crippen LogP contribution is -2.37. The minimum absolute atomic E-state index is 0.0749. The highest BCUT2D eigenvalue weighted by molar-refractivity contribution is 5.94. The third-order valence-corrected chi connectivity index (χ3v) is 4.90. The third-order valence-electron chi connectivity index (χ3n) is 4.90. The van der Waals surface area contributed by atoms with Gasteiger partial charge < -0.3 is 24.6 Å². The molecule has 0 bridgehead atoms. The van der Waals surface area contributed by atoms with Crippen molar-refractivity contribution in [2.75, 3.05) is 56.7 Å². The van der Waals surface area contributed by atoms with Gasteiger partial charge in [0.05, 0.1) is 32.2 Å². The maximum atomic E-state index is 12.3. The number of benzene rings is 2. The molecule has 1 aliphatic heterocycles. The fourth-order valence-corrected chi connectivity index (χ4v) is 3.13. The van der Waals surface area contributed by atoms with Crippen molar-refractivity contribution in [3.05, 3.63) is 54.1 Å². The summed E-state index contributed by atoms with van der Waals surface area (Å²) in [6.45, 7) is 2.89. The highest BCUT2D eigenvalue weighted by Crippen LogP contribution is 2.19. The van der Waals surface area contributed by atoms with E-state index in [1.165, 1.54) is 4.90 Å². The fraction of sp³-hybridized carbons (Fsp3) is 0.348. The van der Waals surface area contributed by atoms with Crippen molar-refractivity contribution in [2.45, 2.75) is 6.42 Å². The number of amides is 2. The maximum absolute atomic E-state index is 12.3. The molecule has 0 aromatic heterocycles. The van der Waals surface area contributed by atoms with Crippen molar-refractivity contribution < 1.29 is 19.1 Å². The van der Waals surface area contributed by atoms with Gasteiger partial charge in [-0.1, -0.05) is 12.1 Å². The van der Waals surface area contributed by atoms with Gasteiger partial charge in [0.15, 0.2) is 6.61 Å².